The summed E-state index contributed by atoms with van der Waals surface area (Å²) in [6, 6.07) is 0. The predicted molar refractivity (Wildman–Crippen MR) is 73.4 cm³/mol. The Morgan fingerprint density at radius 3 is 2.50 bits per heavy atom. The molecule has 1 unspecified atom stereocenters. The number of nitrogens with one attached hydrogen (secondary N) is 2. The fourth-order valence-electron chi connectivity index (χ4n) is 2.85. The van der Waals surface area contributed by atoms with E-state index in [1.165, 1.54) is 12.8 Å². The molecule has 2 saturated heterocycles. The van der Waals surface area contributed by atoms with Crippen LogP contribution in [0.5, 0.6) is 0 Å². The molecule has 0 aliphatic carbocycles. The molecule has 0 aromatic carbocycles. The number of carbonyl (C=O) groups excluding carboxylic acids is 1. The minimum Gasteiger partial charge on any atom is -0.355 e. The van der Waals surface area contributed by atoms with Gasteiger partial charge in [-0.25, -0.2) is 0 Å². The van der Waals surface area contributed by atoms with Crippen LogP contribution in [0.3, 0.4) is 0 Å². The van der Waals surface area contributed by atoms with E-state index in [0.29, 0.717) is 0 Å². The van der Waals surface area contributed by atoms with Crippen molar-refractivity contribution in [2.75, 3.05) is 39.8 Å². The lowest BCUT2D eigenvalue weighted by atomic mass is 9.80. The summed E-state index contributed by atoms with van der Waals surface area (Å²) in [5.74, 6) is 0.229. The molecule has 0 aromatic heterocycles. The summed E-state index contributed by atoms with van der Waals surface area (Å²) >= 11 is 0. The Morgan fingerprint density at radius 2 is 1.94 bits per heavy atom. The first kappa shape index (κ1) is 13.8. The number of rotatable bonds is 3. The van der Waals surface area contributed by atoms with Crippen molar-refractivity contribution in [3.63, 3.8) is 0 Å². The van der Waals surface area contributed by atoms with Crippen molar-refractivity contribution in [3.05, 3.63) is 0 Å². The number of piperidine rings is 1. The summed E-state index contributed by atoms with van der Waals surface area (Å²) in [5, 5.41) is 6.47. The molecule has 0 radical (unpaired) electrons. The third kappa shape index (κ3) is 3.04. The van der Waals surface area contributed by atoms with Gasteiger partial charge in [0.25, 0.3) is 0 Å². The van der Waals surface area contributed by atoms with E-state index in [-0.39, 0.29) is 16.7 Å². The molecule has 1 amide bonds. The zero-order valence-electron chi connectivity index (χ0n) is 12.0. The highest BCUT2D eigenvalue weighted by atomic mass is 16.2. The van der Waals surface area contributed by atoms with E-state index in [4.69, 9.17) is 0 Å². The van der Waals surface area contributed by atoms with Gasteiger partial charge in [0, 0.05) is 13.1 Å². The molecular weight excluding hydrogens is 226 g/mol. The maximum Gasteiger partial charge on any atom is 0.227 e. The summed E-state index contributed by atoms with van der Waals surface area (Å²) < 4.78 is 0. The molecule has 0 saturated carbocycles. The summed E-state index contributed by atoms with van der Waals surface area (Å²) in [6.45, 7) is 9.27. The summed E-state index contributed by atoms with van der Waals surface area (Å²) in [7, 11) is 2.17. The van der Waals surface area contributed by atoms with Gasteiger partial charge in [0.05, 0.1) is 5.41 Å². The maximum atomic E-state index is 12.3. The summed E-state index contributed by atoms with van der Waals surface area (Å²) in [6.07, 6.45) is 3.32. The first-order chi connectivity index (χ1) is 8.44. The fourth-order valence-corrected chi connectivity index (χ4v) is 2.85. The lowest BCUT2D eigenvalue weighted by molar-refractivity contribution is -0.129. The first-order valence-electron chi connectivity index (χ1n) is 7.11. The van der Waals surface area contributed by atoms with Gasteiger partial charge < -0.3 is 15.5 Å². The van der Waals surface area contributed by atoms with E-state index in [9.17, 15) is 4.79 Å². The number of likely N-dealkylation sites (tertiary alicyclic amines) is 1. The Hall–Kier alpha value is -0.610. The zero-order valence-corrected chi connectivity index (χ0v) is 12.0. The molecule has 0 bridgehead atoms. The van der Waals surface area contributed by atoms with E-state index < -0.39 is 0 Å². The van der Waals surface area contributed by atoms with E-state index in [0.717, 1.165) is 39.1 Å². The third-order valence-electron chi connectivity index (χ3n) is 4.79. The summed E-state index contributed by atoms with van der Waals surface area (Å²) in [5.41, 5.74) is 0.0897. The molecule has 4 nitrogen and oxygen atoms in total. The van der Waals surface area contributed by atoms with Crippen LogP contribution in [0.2, 0.25) is 0 Å². The Morgan fingerprint density at radius 1 is 1.28 bits per heavy atom. The Balaban J connectivity index is 1.82. The number of hydrogen-bond donors (Lipinski definition) is 2. The Bertz CT molecular complexity index is 302. The van der Waals surface area contributed by atoms with Crippen molar-refractivity contribution in [1.29, 1.82) is 0 Å². The van der Waals surface area contributed by atoms with Gasteiger partial charge in [-0.1, -0.05) is 6.92 Å². The second kappa shape index (κ2) is 5.17. The molecule has 2 N–H and O–H groups in total. The largest absolute Gasteiger partial charge is 0.355 e. The zero-order chi connectivity index (χ0) is 13.2. The van der Waals surface area contributed by atoms with Gasteiger partial charge in [-0.3, -0.25) is 4.79 Å². The average Bonchev–Trinajstić information content (AvgIpc) is 2.79. The van der Waals surface area contributed by atoms with Crippen molar-refractivity contribution >= 4 is 5.91 Å². The first-order valence-corrected chi connectivity index (χ1v) is 7.11. The van der Waals surface area contributed by atoms with Gasteiger partial charge >= 0.3 is 0 Å². The van der Waals surface area contributed by atoms with Crippen LogP contribution in [0.1, 0.15) is 33.1 Å². The van der Waals surface area contributed by atoms with Crippen LogP contribution in [0.25, 0.3) is 0 Å². The van der Waals surface area contributed by atoms with Gasteiger partial charge in [0.1, 0.15) is 0 Å². The quantitative estimate of drug-likeness (QED) is 0.783. The van der Waals surface area contributed by atoms with Gasteiger partial charge in [-0.05, 0) is 58.3 Å². The molecule has 104 valence electrons. The Labute approximate surface area is 110 Å². The molecule has 1 atom stereocenters. The number of amides is 1. The van der Waals surface area contributed by atoms with Gasteiger partial charge in [0.15, 0.2) is 0 Å². The molecule has 2 heterocycles. The summed E-state index contributed by atoms with van der Waals surface area (Å²) in [4.78, 5) is 14.6. The fraction of sp³-hybridized carbons (Fsp3) is 0.929. The van der Waals surface area contributed by atoms with Crippen LogP contribution < -0.4 is 10.6 Å². The van der Waals surface area contributed by atoms with E-state index >= 15 is 0 Å². The van der Waals surface area contributed by atoms with Crippen LogP contribution in [-0.4, -0.2) is 50.6 Å². The monoisotopic (exact) mass is 253 g/mol. The van der Waals surface area contributed by atoms with Crippen LogP contribution in [0, 0.1) is 10.8 Å². The standard InChI is InChI=1S/C14H27N3O/c1-13(5-8-17(3)9-6-13)10-16-12(18)14(2)4-7-15-11-14/h15H,4-11H2,1-3H3,(H,16,18). The minimum absolute atomic E-state index is 0.193. The van der Waals surface area contributed by atoms with Crippen molar-refractivity contribution < 1.29 is 4.79 Å². The Kier molecular flexibility index (Phi) is 3.97. The van der Waals surface area contributed by atoms with Crippen LogP contribution >= 0.6 is 0 Å². The molecule has 18 heavy (non-hydrogen) atoms. The number of hydrogen-bond acceptors (Lipinski definition) is 3. The molecule has 2 rings (SSSR count). The van der Waals surface area contributed by atoms with Crippen molar-refractivity contribution in [2.24, 2.45) is 10.8 Å². The van der Waals surface area contributed by atoms with Crippen molar-refractivity contribution in [1.82, 2.24) is 15.5 Å². The minimum atomic E-state index is -0.193. The van der Waals surface area contributed by atoms with E-state index in [1.54, 1.807) is 0 Å². The lowest BCUT2D eigenvalue weighted by Gasteiger charge is -2.38. The van der Waals surface area contributed by atoms with Crippen molar-refractivity contribution in [3.8, 4) is 0 Å². The van der Waals surface area contributed by atoms with E-state index in [1.807, 2.05) is 0 Å². The van der Waals surface area contributed by atoms with E-state index in [2.05, 4.69) is 36.4 Å². The second-order valence-electron chi connectivity index (χ2n) is 6.78. The van der Waals surface area contributed by atoms with Gasteiger partial charge in [-0.15, -0.1) is 0 Å². The third-order valence-corrected chi connectivity index (χ3v) is 4.79. The smallest absolute Gasteiger partial charge is 0.227 e. The van der Waals surface area contributed by atoms with Gasteiger partial charge in [-0.2, -0.15) is 0 Å². The highest BCUT2D eigenvalue weighted by molar-refractivity contribution is 5.82. The van der Waals surface area contributed by atoms with Gasteiger partial charge in [0.2, 0.25) is 5.91 Å². The highest BCUT2D eigenvalue weighted by Crippen LogP contribution is 2.30. The van der Waals surface area contributed by atoms with Crippen LogP contribution in [0.15, 0.2) is 0 Å². The number of nitrogens with zero attached hydrogens (tertiary/aromatic N) is 1. The molecular formula is C14H27N3O. The second-order valence-corrected chi connectivity index (χ2v) is 6.78. The normalized spacial score (nSPS) is 32.4. The molecule has 2 fully saturated rings. The van der Waals surface area contributed by atoms with Crippen LogP contribution in [-0.2, 0) is 4.79 Å². The lowest BCUT2D eigenvalue weighted by Crippen LogP contribution is -2.47. The van der Waals surface area contributed by atoms with Crippen LogP contribution in [0.4, 0.5) is 0 Å². The molecule has 2 aliphatic heterocycles. The molecule has 2 aliphatic rings. The topological polar surface area (TPSA) is 44.4 Å². The highest BCUT2D eigenvalue weighted by Gasteiger charge is 2.37. The molecule has 0 spiro atoms. The average molecular weight is 253 g/mol. The number of carbonyl (C=O) groups is 1. The predicted octanol–water partition coefficient (Wildman–Crippen LogP) is 0.834. The molecule has 0 aromatic rings. The SMILES string of the molecule is CN1CCC(C)(CNC(=O)C2(C)CCNC2)CC1. The maximum absolute atomic E-state index is 12.3. The van der Waals surface area contributed by atoms with Crippen molar-refractivity contribution in [2.45, 2.75) is 33.1 Å². The molecule has 4 heteroatoms.